The molecule has 1 aliphatic rings. The standard InChI is InChI=1S/C15H16N2O2/c18-15(17-8-11-5-6-19-10-11)14-7-12-3-1-2-4-13(12)9-16-14/h1-6,10,14,16H,7-9H2,(H,17,18)/t14-/m0/s1. The fraction of sp³-hybridized carbons (Fsp3) is 0.267. The molecule has 1 amide bonds. The molecule has 98 valence electrons. The van der Waals surface area contributed by atoms with Crippen LogP contribution in [0.4, 0.5) is 0 Å². The Morgan fingerprint density at radius 3 is 2.95 bits per heavy atom. The van der Waals surface area contributed by atoms with Gasteiger partial charge < -0.3 is 15.1 Å². The van der Waals surface area contributed by atoms with Crippen molar-refractivity contribution in [2.24, 2.45) is 0 Å². The molecule has 0 unspecified atom stereocenters. The Balaban J connectivity index is 1.60. The van der Waals surface area contributed by atoms with E-state index in [1.807, 2.05) is 18.2 Å². The minimum absolute atomic E-state index is 0.0377. The van der Waals surface area contributed by atoms with Crippen LogP contribution in [0.15, 0.2) is 47.3 Å². The van der Waals surface area contributed by atoms with E-state index in [4.69, 9.17) is 4.42 Å². The maximum Gasteiger partial charge on any atom is 0.237 e. The lowest BCUT2D eigenvalue weighted by molar-refractivity contribution is -0.123. The number of hydrogen-bond donors (Lipinski definition) is 2. The summed E-state index contributed by atoms with van der Waals surface area (Å²) in [5.74, 6) is 0.0377. The molecule has 1 aliphatic heterocycles. The first-order valence-corrected chi connectivity index (χ1v) is 6.42. The lowest BCUT2D eigenvalue weighted by Crippen LogP contribution is -2.47. The van der Waals surface area contributed by atoms with Crippen molar-refractivity contribution in [3.05, 3.63) is 59.5 Å². The minimum atomic E-state index is -0.151. The van der Waals surface area contributed by atoms with Crippen molar-refractivity contribution in [3.63, 3.8) is 0 Å². The average molecular weight is 256 g/mol. The first-order chi connectivity index (χ1) is 9.33. The molecule has 19 heavy (non-hydrogen) atoms. The number of nitrogens with one attached hydrogen (secondary N) is 2. The number of carbonyl (C=O) groups excluding carboxylic acids is 1. The van der Waals surface area contributed by atoms with E-state index >= 15 is 0 Å². The zero-order chi connectivity index (χ0) is 13.1. The molecule has 0 saturated heterocycles. The lowest BCUT2D eigenvalue weighted by Gasteiger charge is -2.25. The second-order valence-electron chi connectivity index (χ2n) is 4.76. The fourth-order valence-electron chi connectivity index (χ4n) is 2.35. The van der Waals surface area contributed by atoms with E-state index in [1.165, 1.54) is 11.1 Å². The Labute approximate surface area is 111 Å². The summed E-state index contributed by atoms with van der Waals surface area (Å²) >= 11 is 0. The van der Waals surface area contributed by atoms with Gasteiger partial charge in [-0.1, -0.05) is 24.3 Å². The van der Waals surface area contributed by atoms with Gasteiger partial charge in [0.05, 0.1) is 18.6 Å². The van der Waals surface area contributed by atoms with Crippen molar-refractivity contribution >= 4 is 5.91 Å². The van der Waals surface area contributed by atoms with E-state index in [-0.39, 0.29) is 11.9 Å². The highest BCUT2D eigenvalue weighted by Gasteiger charge is 2.23. The van der Waals surface area contributed by atoms with Crippen LogP contribution in [0.5, 0.6) is 0 Å². The van der Waals surface area contributed by atoms with Gasteiger partial charge in [-0.25, -0.2) is 0 Å². The van der Waals surface area contributed by atoms with Gasteiger partial charge in [0.1, 0.15) is 0 Å². The van der Waals surface area contributed by atoms with Crippen LogP contribution >= 0.6 is 0 Å². The Bertz CT molecular complexity index is 563. The number of carbonyl (C=O) groups is 1. The van der Waals surface area contributed by atoms with Crippen molar-refractivity contribution in [1.29, 1.82) is 0 Å². The van der Waals surface area contributed by atoms with Gasteiger partial charge in [0.25, 0.3) is 0 Å². The molecule has 4 heteroatoms. The van der Waals surface area contributed by atoms with Gasteiger partial charge in [-0.2, -0.15) is 0 Å². The molecule has 0 fully saturated rings. The van der Waals surface area contributed by atoms with Gasteiger partial charge in [0.2, 0.25) is 5.91 Å². The van der Waals surface area contributed by atoms with E-state index in [0.29, 0.717) is 6.54 Å². The summed E-state index contributed by atoms with van der Waals surface area (Å²) in [4.78, 5) is 12.1. The first kappa shape index (κ1) is 12.0. The molecule has 2 aromatic rings. The number of hydrogen-bond acceptors (Lipinski definition) is 3. The first-order valence-electron chi connectivity index (χ1n) is 6.42. The van der Waals surface area contributed by atoms with E-state index in [2.05, 4.69) is 22.8 Å². The minimum Gasteiger partial charge on any atom is -0.472 e. The molecule has 2 heterocycles. The molecule has 1 atom stereocenters. The topological polar surface area (TPSA) is 54.3 Å². The van der Waals surface area contributed by atoms with Crippen molar-refractivity contribution in [2.75, 3.05) is 0 Å². The molecule has 1 aromatic carbocycles. The second-order valence-corrected chi connectivity index (χ2v) is 4.76. The summed E-state index contributed by atoms with van der Waals surface area (Å²) in [7, 11) is 0. The molecule has 2 N–H and O–H groups in total. The normalized spacial score (nSPS) is 17.8. The number of rotatable bonds is 3. The van der Waals surface area contributed by atoms with Crippen LogP contribution in [0.3, 0.4) is 0 Å². The molecular weight excluding hydrogens is 240 g/mol. The van der Waals surface area contributed by atoms with E-state index in [1.54, 1.807) is 12.5 Å². The maximum atomic E-state index is 12.1. The van der Waals surface area contributed by atoms with Crippen LogP contribution in [0, 0.1) is 0 Å². The smallest absolute Gasteiger partial charge is 0.237 e. The molecule has 0 radical (unpaired) electrons. The Morgan fingerprint density at radius 1 is 1.32 bits per heavy atom. The number of fused-ring (bicyclic) bond motifs is 1. The van der Waals surface area contributed by atoms with Crippen LogP contribution in [0.2, 0.25) is 0 Å². The average Bonchev–Trinajstić information content (AvgIpc) is 2.97. The second kappa shape index (κ2) is 5.28. The van der Waals surface area contributed by atoms with Gasteiger partial charge in [0.15, 0.2) is 0 Å². The van der Waals surface area contributed by atoms with Crippen LogP contribution < -0.4 is 10.6 Å². The highest BCUT2D eigenvalue weighted by atomic mass is 16.3. The zero-order valence-electron chi connectivity index (χ0n) is 10.6. The van der Waals surface area contributed by atoms with Crippen LogP contribution in [0.1, 0.15) is 16.7 Å². The summed E-state index contributed by atoms with van der Waals surface area (Å²) in [5.41, 5.74) is 3.51. The molecule has 1 aromatic heterocycles. The van der Waals surface area contributed by atoms with Gasteiger partial charge in [-0.05, 0) is 23.6 Å². The predicted molar refractivity (Wildman–Crippen MR) is 71.3 cm³/mol. The third kappa shape index (κ3) is 2.69. The van der Waals surface area contributed by atoms with Gasteiger partial charge in [-0.15, -0.1) is 0 Å². The predicted octanol–water partition coefficient (Wildman–Crippen LogP) is 1.61. The summed E-state index contributed by atoms with van der Waals surface area (Å²) in [6, 6.07) is 9.93. The van der Waals surface area contributed by atoms with Gasteiger partial charge in [0, 0.05) is 18.7 Å². The van der Waals surface area contributed by atoms with Gasteiger partial charge in [-0.3, -0.25) is 4.79 Å². The third-order valence-corrected chi connectivity index (χ3v) is 3.44. The molecule has 0 bridgehead atoms. The maximum absolute atomic E-state index is 12.1. The van der Waals surface area contributed by atoms with E-state index in [9.17, 15) is 4.79 Å². The van der Waals surface area contributed by atoms with Crippen LogP contribution in [-0.2, 0) is 24.3 Å². The van der Waals surface area contributed by atoms with Crippen LogP contribution in [0.25, 0.3) is 0 Å². The van der Waals surface area contributed by atoms with E-state index in [0.717, 1.165) is 18.5 Å². The van der Waals surface area contributed by atoms with Crippen molar-refractivity contribution in [3.8, 4) is 0 Å². The van der Waals surface area contributed by atoms with Crippen molar-refractivity contribution in [1.82, 2.24) is 10.6 Å². The number of furan rings is 1. The van der Waals surface area contributed by atoms with Crippen molar-refractivity contribution in [2.45, 2.75) is 25.6 Å². The highest BCUT2D eigenvalue weighted by Crippen LogP contribution is 2.16. The van der Waals surface area contributed by atoms with Crippen LogP contribution in [-0.4, -0.2) is 11.9 Å². The Morgan fingerprint density at radius 2 is 2.16 bits per heavy atom. The quantitative estimate of drug-likeness (QED) is 0.877. The molecule has 4 nitrogen and oxygen atoms in total. The summed E-state index contributed by atoms with van der Waals surface area (Å²) < 4.78 is 4.97. The summed E-state index contributed by atoms with van der Waals surface area (Å²) in [5, 5.41) is 6.19. The largest absolute Gasteiger partial charge is 0.472 e. The van der Waals surface area contributed by atoms with E-state index < -0.39 is 0 Å². The molecule has 0 spiro atoms. The molecule has 0 saturated carbocycles. The summed E-state index contributed by atoms with van der Waals surface area (Å²) in [6.07, 6.45) is 3.99. The molecule has 0 aliphatic carbocycles. The third-order valence-electron chi connectivity index (χ3n) is 3.44. The molecule has 3 rings (SSSR count). The fourth-order valence-corrected chi connectivity index (χ4v) is 2.35. The Hall–Kier alpha value is -2.07. The van der Waals surface area contributed by atoms with Crippen molar-refractivity contribution < 1.29 is 9.21 Å². The zero-order valence-corrected chi connectivity index (χ0v) is 10.6. The lowest BCUT2D eigenvalue weighted by atomic mass is 9.95. The number of amides is 1. The highest BCUT2D eigenvalue weighted by molar-refractivity contribution is 5.82. The SMILES string of the molecule is O=C(NCc1ccoc1)[C@@H]1Cc2ccccc2CN1. The molecular formula is C15H16N2O2. The Kier molecular flexibility index (Phi) is 3.33. The number of benzene rings is 1. The monoisotopic (exact) mass is 256 g/mol. The summed E-state index contributed by atoms with van der Waals surface area (Å²) in [6.45, 7) is 1.26. The van der Waals surface area contributed by atoms with Gasteiger partial charge >= 0.3 is 0 Å².